The van der Waals surface area contributed by atoms with E-state index < -0.39 is 5.82 Å². The molecule has 2 aromatic rings. The Kier molecular flexibility index (Phi) is 3.88. The zero-order valence-electron chi connectivity index (χ0n) is 10.1. The molecule has 0 saturated carbocycles. The minimum Gasteiger partial charge on any atom is -0.497 e. The van der Waals surface area contributed by atoms with Gasteiger partial charge >= 0.3 is 0 Å². The first kappa shape index (κ1) is 13.2. The third-order valence-corrected chi connectivity index (χ3v) is 2.85. The van der Waals surface area contributed by atoms with Crippen LogP contribution in [-0.4, -0.2) is 7.11 Å². The van der Waals surface area contributed by atoms with Crippen molar-refractivity contribution in [2.24, 2.45) is 0 Å². The molecule has 1 N–H and O–H groups in total. The van der Waals surface area contributed by atoms with Crippen LogP contribution in [0.5, 0.6) is 5.75 Å². The van der Waals surface area contributed by atoms with Crippen LogP contribution in [-0.2, 0) is 0 Å². The van der Waals surface area contributed by atoms with Gasteiger partial charge < -0.3 is 10.1 Å². The summed E-state index contributed by atoms with van der Waals surface area (Å²) in [6, 6.07) is 11.1. The molecule has 0 aliphatic heterocycles. The van der Waals surface area contributed by atoms with Crippen LogP contribution in [0.4, 0.5) is 15.8 Å². The predicted octanol–water partition coefficient (Wildman–Crippen LogP) is 4.10. The van der Waals surface area contributed by atoms with Crippen molar-refractivity contribution >= 4 is 23.0 Å². The van der Waals surface area contributed by atoms with Crippen LogP contribution in [0.1, 0.15) is 5.56 Å². The molecular weight excluding hydrogens is 267 g/mol. The Bertz CT molecular complexity index is 652. The fourth-order valence-electron chi connectivity index (χ4n) is 1.56. The topological polar surface area (TPSA) is 45.0 Å². The van der Waals surface area contributed by atoms with Gasteiger partial charge in [-0.15, -0.1) is 0 Å². The highest BCUT2D eigenvalue weighted by Crippen LogP contribution is 2.29. The highest BCUT2D eigenvalue weighted by atomic mass is 35.5. The van der Waals surface area contributed by atoms with Gasteiger partial charge in [-0.1, -0.05) is 11.6 Å². The third kappa shape index (κ3) is 2.95. The van der Waals surface area contributed by atoms with Gasteiger partial charge in [0.1, 0.15) is 11.6 Å². The lowest BCUT2D eigenvalue weighted by Gasteiger charge is -2.10. The number of rotatable bonds is 3. The van der Waals surface area contributed by atoms with Crippen molar-refractivity contribution in [3.63, 3.8) is 0 Å². The standard InChI is InChI=1S/C14H10ClFN2O/c1-19-10-3-4-12(16)14(7-10)18-13-5-2-9(8-17)6-11(13)15/h2-7,18H,1H3. The van der Waals surface area contributed by atoms with E-state index in [9.17, 15) is 4.39 Å². The average molecular weight is 277 g/mol. The number of nitrogens with zero attached hydrogens (tertiary/aromatic N) is 1. The molecule has 0 fully saturated rings. The van der Waals surface area contributed by atoms with E-state index in [2.05, 4.69) is 5.32 Å². The molecule has 0 saturated heterocycles. The Labute approximate surface area is 115 Å². The van der Waals surface area contributed by atoms with Crippen LogP contribution in [0, 0.1) is 17.1 Å². The van der Waals surface area contributed by atoms with E-state index in [1.165, 1.54) is 31.4 Å². The number of benzene rings is 2. The Morgan fingerprint density at radius 3 is 2.63 bits per heavy atom. The minimum absolute atomic E-state index is 0.256. The first-order valence-corrected chi connectivity index (χ1v) is 5.82. The molecule has 0 amide bonds. The summed E-state index contributed by atoms with van der Waals surface area (Å²) in [6.07, 6.45) is 0. The van der Waals surface area contributed by atoms with E-state index in [-0.39, 0.29) is 5.69 Å². The van der Waals surface area contributed by atoms with Gasteiger partial charge in [-0.3, -0.25) is 0 Å². The normalized spacial score (nSPS) is 9.79. The monoisotopic (exact) mass is 276 g/mol. The van der Waals surface area contributed by atoms with Crippen molar-refractivity contribution in [1.29, 1.82) is 5.26 Å². The minimum atomic E-state index is -0.416. The third-order valence-electron chi connectivity index (χ3n) is 2.54. The van der Waals surface area contributed by atoms with Gasteiger partial charge in [0.2, 0.25) is 0 Å². The highest BCUT2D eigenvalue weighted by Gasteiger charge is 2.07. The Morgan fingerprint density at radius 1 is 1.21 bits per heavy atom. The zero-order valence-corrected chi connectivity index (χ0v) is 10.8. The quantitative estimate of drug-likeness (QED) is 0.918. The molecule has 2 aromatic carbocycles. The molecule has 2 rings (SSSR count). The summed E-state index contributed by atoms with van der Waals surface area (Å²) in [4.78, 5) is 0. The Balaban J connectivity index is 2.33. The molecular formula is C14H10ClFN2O. The van der Waals surface area contributed by atoms with E-state index in [1.807, 2.05) is 6.07 Å². The molecule has 0 bridgehead atoms. The number of nitriles is 1. The number of ether oxygens (including phenoxy) is 1. The van der Waals surface area contributed by atoms with Gasteiger partial charge in [0.25, 0.3) is 0 Å². The van der Waals surface area contributed by atoms with E-state index in [0.717, 1.165) is 0 Å². The lowest BCUT2D eigenvalue weighted by atomic mass is 10.2. The number of nitrogens with one attached hydrogen (secondary N) is 1. The van der Waals surface area contributed by atoms with E-state index in [1.54, 1.807) is 12.1 Å². The van der Waals surface area contributed by atoms with Crippen molar-refractivity contribution in [2.45, 2.75) is 0 Å². The summed E-state index contributed by atoms with van der Waals surface area (Å²) in [6.45, 7) is 0. The smallest absolute Gasteiger partial charge is 0.146 e. The Morgan fingerprint density at radius 2 is 2.00 bits per heavy atom. The van der Waals surface area contributed by atoms with Crippen LogP contribution in [0.3, 0.4) is 0 Å². The highest BCUT2D eigenvalue weighted by molar-refractivity contribution is 6.33. The second-order valence-corrected chi connectivity index (χ2v) is 4.18. The number of methoxy groups -OCH3 is 1. The number of hydrogen-bond acceptors (Lipinski definition) is 3. The van der Waals surface area contributed by atoms with Crippen LogP contribution in [0.2, 0.25) is 5.02 Å². The maximum Gasteiger partial charge on any atom is 0.146 e. The summed E-state index contributed by atoms with van der Waals surface area (Å²) in [5.41, 5.74) is 1.22. The zero-order chi connectivity index (χ0) is 13.8. The van der Waals surface area contributed by atoms with E-state index >= 15 is 0 Å². The lowest BCUT2D eigenvalue weighted by Crippen LogP contribution is -1.96. The van der Waals surface area contributed by atoms with Gasteiger partial charge in [0.15, 0.2) is 0 Å². The second kappa shape index (κ2) is 5.59. The molecule has 0 heterocycles. The lowest BCUT2D eigenvalue weighted by molar-refractivity contribution is 0.414. The first-order chi connectivity index (χ1) is 9.13. The number of anilines is 2. The van der Waals surface area contributed by atoms with Gasteiger partial charge in [-0.05, 0) is 30.3 Å². The van der Waals surface area contributed by atoms with Crippen LogP contribution < -0.4 is 10.1 Å². The summed E-state index contributed by atoms with van der Waals surface area (Å²) in [5, 5.41) is 12.0. The molecule has 96 valence electrons. The van der Waals surface area contributed by atoms with Crippen molar-refractivity contribution in [3.05, 3.63) is 52.8 Å². The average Bonchev–Trinajstić information content (AvgIpc) is 2.43. The molecule has 0 aliphatic carbocycles. The summed E-state index contributed by atoms with van der Waals surface area (Å²) < 4.78 is 18.7. The van der Waals surface area contributed by atoms with E-state index in [4.69, 9.17) is 21.6 Å². The fraction of sp³-hybridized carbons (Fsp3) is 0.0714. The molecule has 5 heteroatoms. The van der Waals surface area contributed by atoms with Gasteiger partial charge in [0.05, 0.1) is 35.1 Å². The van der Waals surface area contributed by atoms with Crippen molar-refractivity contribution in [1.82, 2.24) is 0 Å². The van der Waals surface area contributed by atoms with Gasteiger partial charge in [0, 0.05) is 6.07 Å². The molecule has 0 spiro atoms. The van der Waals surface area contributed by atoms with Crippen LogP contribution in [0.15, 0.2) is 36.4 Å². The van der Waals surface area contributed by atoms with Crippen LogP contribution >= 0.6 is 11.6 Å². The number of hydrogen-bond donors (Lipinski definition) is 1. The first-order valence-electron chi connectivity index (χ1n) is 5.44. The predicted molar refractivity (Wildman–Crippen MR) is 72.4 cm³/mol. The summed E-state index contributed by atoms with van der Waals surface area (Å²) >= 11 is 6.02. The number of halogens is 2. The van der Waals surface area contributed by atoms with E-state index in [0.29, 0.717) is 22.0 Å². The molecule has 0 radical (unpaired) electrons. The second-order valence-electron chi connectivity index (χ2n) is 3.78. The molecule has 0 unspecified atom stereocenters. The van der Waals surface area contributed by atoms with Crippen molar-refractivity contribution < 1.29 is 9.13 Å². The summed E-state index contributed by atoms with van der Waals surface area (Å²) in [5.74, 6) is 0.120. The SMILES string of the molecule is COc1ccc(F)c(Nc2ccc(C#N)cc2Cl)c1. The molecule has 0 atom stereocenters. The van der Waals surface area contributed by atoms with Gasteiger partial charge in [-0.2, -0.15) is 5.26 Å². The van der Waals surface area contributed by atoms with Gasteiger partial charge in [-0.25, -0.2) is 4.39 Å². The molecule has 3 nitrogen and oxygen atoms in total. The molecule has 0 aromatic heterocycles. The van der Waals surface area contributed by atoms with Crippen LogP contribution in [0.25, 0.3) is 0 Å². The Hall–Kier alpha value is -2.25. The van der Waals surface area contributed by atoms with Crippen molar-refractivity contribution in [2.75, 3.05) is 12.4 Å². The molecule has 19 heavy (non-hydrogen) atoms. The largest absolute Gasteiger partial charge is 0.497 e. The van der Waals surface area contributed by atoms with Crippen molar-refractivity contribution in [3.8, 4) is 11.8 Å². The maximum absolute atomic E-state index is 13.7. The maximum atomic E-state index is 13.7. The summed E-state index contributed by atoms with van der Waals surface area (Å²) in [7, 11) is 1.51. The molecule has 0 aliphatic rings. The fourth-order valence-corrected chi connectivity index (χ4v) is 1.79.